The van der Waals surface area contributed by atoms with Gasteiger partial charge in [0.15, 0.2) is 12.4 Å². The quantitative estimate of drug-likeness (QED) is 0.721. The highest BCUT2D eigenvalue weighted by Crippen LogP contribution is 2.30. The molecule has 21 heavy (non-hydrogen) atoms. The lowest BCUT2D eigenvalue weighted by atomic mass is 10.2. The van der Waals surface area contributed by atoms with E-state index < -0.39 is 9.05 Å². The van der Waals surface area contributed by atoms with E-state index >= 15 is 0 Å². The Bertz CT molecular complexity index is 745. The molecule has 1 aromatic heterocycles. The number of ether oxygens (including phenoxy) is 1. The van der Waals surface area contributed by atoms with Crippen molar-refractivity contribution in [2.24, 2.45) is 0 Å². The Balaban J connectivity index is 2.20. The number of aromatic nitrogens is 2. The van der Waals surface area contributed by atoms with E-state index in [0.29, 0.717) is 10.3 Å². The van der Waals surface area contributed by atoms with E-state index in [4.69, 9.17) is 19.9 Å². The molecule has 0 spiro atoms. The molecule has 0 radical (unpaired) electrons. The van der Waals surface area contributed by atoms with Gasteiger partial charge in [-0.25, -0.2) is 8.42 Å². The molecule has 0 N–H and O–H groups in total. The first-order valence-corrected chi connectivity index (χ1v) is 9.07. The van der Waals surface area contributed by atoms with Crippen molar-refractivity contribution in [1.82, 2.24) is 10.1 Å². The molecule has 0 unspecified atom stereocenters. The summed E-state index contributed by atoms with van der Waals surface area (Å²) in [6.07, 6.45) is 0. The number of benzene rings is 1. The molecule has 1 heterocycles. The molecule has 0 bridgehead atoms. The average molecular weight is 396 g/mol. The number of halogens is 2. The largest absolute Gasteiger partial charge is 0.482 e. The van der Waals surface area contributed by atoms with Crippen LogP contribution in [-0.4, -0.2) is 18.6 Å². The van der Waals surface area contributed by atoms with E-state index in [1.807, 2.05) is 13.8 Å². The molecule has 114 valence electrons. The number of rotatable bonds is 5. The van der Waals surface area contributed by atoms with E-state index in [1.54, 1.807) is 6.07 Å². The zero-order valence-corrected chi connectivity index (χ0v) is 14.4. The summed E-state index contributed by atoms with van der Waals surface area (Å²) in [5.74, 6) is 1.08. The Kier molecular flexibility index (Phi) is 4.90. The molecule has 0 aliphatic rings. The van der Waals surface area contributed by atoms with Crippen LogP contribution in [0.3, 0.4) is 0 Å². The molecule has 6 nitrogen and oxygen atoms in total. The summed E-state index contributed by atoms with van der Waals surface area (Å²) in [6, 6.07) is 4.51. The molecular weight excluding hydrogens is 384 g/mol. The minimum Gasteiger partial charge on any atom is -0.482 e. The van der Waals surface area contributed by atoms with E-state index in [-0.39, 0.29) is 29.1 Å². The molecule has 0 aliphatic carbocycles. The van der Waals surface area contributed by atoms with Gasteiger partial charge in [0, 0.05) is 21.1 Å². The summed E-state index contributed by atoms with van der Waals surface area (Å²) in [6.45, 7) is 3.82. The predicted octanol–water partition coefficient (Wildman–Crippen LogP) is 3.46. The first-order valence-electron chi connectivity index (χ1n) is 5.97. The molecule has 1 aromatic carbocycles. The molecule has 2 aromatic rings. The highest BCUT2D eigenvalue weighted by Gasteiger charge is 2.18. The Hall–Kier alpha value is -1.12. The van der Waals surface area contributed by atoms with Crippen molar-refractivity contribution in [3.63, 3.8) is 0 Å². The zero-order chi connectivity index (χ0) is 15.6. The van der Waals surface area contributed by atoms with Crippen LogP contribution in [0.5, 0.6) is 5.75 Å². The molecule has 2 rings (SSSR count). The molecule has 0 atom stereocenters. The minimum atomic E-state index is -3.92. The van der Waals surface area contributed by atoms with Gasteiger partial charge in [0.2, 0.25) is 0 Å². The van der Waals surface area contributed by atoms with Crippen molar-refractivity contribution in [3.05, 3.63) is 34.4 Å². The van der Waals surface area contributed by atoms with Gasteiger partial charge in [0.05, 0.1) is 0 Å². The van der Waals surface area contributed by atoms with Crippen LogP contribution in [-0.2, 0) is 15.7 Å². The Morgan fingerprint density at radius 2 is 2.14 bits per heavy atom. The fourth-order valence-electron chi connectivity index (χ4n) is 1.49. The monoisotopic (exact) mass is 394 g/mol. The second kappa shape index (κ2) is 6.33. The third-order valence-electron chi connectivity index (χ3n) is 2.52. The maximum Gasteiger partial charge on any atom is 0.265 e. The van der Waals surface area contributed by atoms with Crippen LogP contribution in [0.4, 0.5) is 0 Å². The number of nitrogens with zero attached hydrogens (tertiary/aromatic N) is 2. The van der Waals surface area contributed by atoms with Crippen molar-refractivity contribution < 1.29 is 17.7 Å². The van der Waals surface area contributed by atoms with Crippen LogP contribution in [0.2, 0.25) is 0 Å². The van der Waals surface area contributed by atoms with Crippen LogP contribution >= 0.6 is 26.6 Å². The summed E-state index contributed by atoms with van der Waals surface area (Å²) in [4.78, 5) is 4.02. The van der Waals surface area contributed by atoms with Gasteiger partial charge in [-0.05, 0) is 18.2 Å². The van der Waals surface area contributed by atoms with Crippen molar-refractivity contribution in [3.8, 4) is 5.75 Å². The van der Waals surface area contributed by atoms with E-state index in [1.165, 1.54) is 12.1 Å². The van der Waals surface area contributed by atoms with Crippen molar-refractivity contribution >= 4 is 35.7 Å². The van der Waals surface area contributed by atoms with Crippen LogP contribution in [0.25, 0.3) is 0 Å². The zero-order valence-electron chi connectivity index (χ0n) is 11.2. The highest BCUT2D eigenvalue weighted by atomic mass is 79.9. The lowest BCUT2D eigenvalue weighted by Crippen LogP contribution is -2.01. The van der Waals surface area contributed by atoms with Gasteiger partial charge < -0.3 is 9.26 Å². The molecular formula is C12H12BrClN2O4S. The molecule has 0 saturated heterocycles. The summed E-state index contributed by atoms with van der Waals surface area (Å²) < 4.78 is 34.1. The standard InChI is InChI=1S/C12H12BrClN2O4S/c1-7(2)12-15-11(20-16-12)6-19-9-4-3-8(13)5-10(9)21(14,17)18/h3-5,7H,6H2,1-2H3. The van der Waals surface area contributed by atoms with Gasteiger partial charge in [0.25, 0.3) is 14.9 Å². The molecule has 0 saturated carbocycles. The third kappa shape index (κ3) is 4.18. The summed E-state index contributed by atoms with van der Waals surface area (Å²) in [7, 11) is 1.47. The Morgan fingerprint density at radius 1 is 1.43 bits per heavy atom. The van der Waals surface area contributed by atoms with Gasteiger partial charge in [-0.1, -0.05) is 34.9 Å². The first kappa shape index (κ1) is 16.3. The maximum atomic E-state index is 11.5. The fraction of sp³-hybridized carbons (Fsp3) is 0.333. The van der Waals surface area contributed by atoms with E-state index in [9.17, 15) is 8.42 Å². The lowest BCUT2D eigenvalue weighted by molar-refractivity contribution is 0.237. The Morgan fingerprint density at radius 3 is 2.71 bits per heavy atom. The van der Waals surface area contributed by atoms with Gasteiger partial charge >= 0.3 is 0 Å². The summed E-state index contributed by atoms with van der Waals surface area (Å²) >= 11 is 3.18. The van der Waals surface area contributed by atoms with Gasteiger partial charge in [-0.2, -0.15) is 4.98 Å². The van der Waals surface area contributed by atoms with Crippen LogP contribution in [0, 0.1) is 0 Å². The van der Waals surface area contributed by atoms with Gasteiger partial charge in [-0.15, -0.1) is 0 Å². The summed E-state index contributed by atoms with van der Waals surface area (Å²) in [5, 5.41) is 3.80. The first-order chi connectivity index (χ1) is 9.77. The van der Waals surface area contributed by atoms with Gasteiger partial charge in [-0.3, -0.25) is 0 Å². The van der Waals surface area contributed by atoms with E-state index in [2.05, 4.69) is 26.1 Å². The summed E-state index contributed by atoms with van der Waals surface area (Å²) in [5.41, 5.74) is 0. The fourth-order valence-corrected chi connectivity index (χ4v) is 3.00. The topological polar surface area (TPSA) is 82.3 Å². The average Bonchev–Trinajstić information content (AvgIpc) is 2.85. The Labute approximate surface area is 135 Å². The number of hydrogen-bond donors (Lipinski definition) is 0. The smallest absolute Gasteiger partial charge is 0.265 e. The highest BCUT2D eigenvalue weighted by molar-refractivity contribution is 9.10. The second-order valence-corrected chi connectivity index (χ2v) is 7.97. The van der Waals surface area contributed by atoms with Gasteiger partial charge in [0.1, 0.15) is 10.6 Å². The predicted molar refractivity (Wildman–Crippen MR) is 79.9 cm³/mol. The lowest BCUT2D eigenvalue weighted by Gasteiger charge is -2.08. The van der Waals surface area contributed by atoms with E-state index in [0.717, 1.165) is 0 Å². The molecule has 0 fully saturated rings. The van der Waals surface area contributed by atoms with Crippen molar-refractivity contribution in [2.45, 2.75) is 31.3 Å². The van der Waals surface area contributed by atoms with Crippen LogP contribution in [0.1, 0.15) is 31.5 Å². The van der Waals surface area contributed by atoms with Crippen molar-refractivity contribution in [2.75, 3.05) is 0 Å². The second-order valence-electron chi connectivity index (χ2n) is 4.52. The molecule has 9 heteroatoms. The maximum absolute atomic E-state index is 11.5. The molecule has 0 amide bonds. The van der Waals surface area contributed by atoms with Crippen LogP contribution in [0.15, 0.2) is 32.1 Å². The van der Waals surface area contributed by atoms with Crippen molar-refractivity contribution in [1.29, 1.82) is 0 Å². The molecule has 0 aliphatic heterocycles. The SMILES string of the molecule is CC(C)c1noc(COc2ccc(Br)cc2S(=O)(=O)Cl)n1. The van der Waals surface area contributed by atoms with Crippen LogP contribution < -0.4 is 4.74 Å². The minimum absolute atomic E-state index is 0.0409. The number of hydrogen-bond acceptors (Lipinski definition) is 6. The normalized spacial score (nSPS) is 11.9. The third-order valence-corrected chi connectivity index (χ3v) is 4.36.